The van der Waals surface area contributed by atoms with E-state index in [0.717, 1.165) is 48.1 Å². The second kappa shape index (κ2) is 8.33. The Morgan fingerprint density at radius 3 is 2.52 bits per heavy atom. The summed E-state index contributed by atoms with van der Waals surface area (Å²) in [5, 5.41) is 5.75. The van der Waals surface area contributed by atoms with Gasteiger partial charge in [0, 0.05) is 55.3 Å². The van der Waals surface area contributed by atoms with E-state index in [-0.39, 0.29) is 16.9 Å². The summed E-state index contributed by atoms with van der Waals surface area (Å²) in [6, 6.07) is 11.7. The van der Waals surface area contributed by atoms with Crippen molar-refractivity contribution in [2.75, 3.05) is 13.1 Å². The molecule has 6 nitrogen and oxygen atoms in total. The van der Waals surface area contributed by atoms with Crippen LogP contribution in [0.4, 0.5) is 0 Å². The maximum Gasteiger partial charge on any atom is 0.266 e. The molecule has 6 heteroatoms. The number of carbonyl (C=O) groups is 1. The quantitative estimate of drug-likeness (QED) is 0.649. The molecule has 164 valence electrons. The van der Waals surface area contributed by atoms with Crippen molar-refractivity contribution in [1.29, 1.82) is 0 Å². The lowest BCUT2D eigenvalue weighted by Gasteiger charge is -2.32. The first-order valence-corrected chi connectivity index (χ1v) is 11.1. The summed E-state index contributed by atoms with van der Waals surface area (Å²) in [5.74, 6) is 0.543. The molecule has 0 unspecified atom stereocenters. The minimum absolute atomic E-state index is 0.0533. The molecule has 0 atom stereocenters. The Kier molecular flexibility index (Phi) is 5.73. The van der Waals surface area contributed by atoms with Gasteiger partial charge < -0.3 is 9.47 Å². The zero-order chi connectivity index (χ0) is 22.2. The van der Waals surface area contributed by atoms with Crippen LogP contribution in [-0.4, -0.2) is 38.2 Å². The van der Waals surface area contributed by atoms with Gasteiger partial charge in [0.2, 0.25) is 5.91 Å². The number of benzene rings is 1. The third-order valence-electron chi connectivity index (χ3n) is 6.35. The molecule has 31 heavy (non-hydrogen) atoms. The predicted molar refractivity (Wildman–Crippen MR) is 123 cm³/mol. The molecule has 1 aliphatic heterocycles. The number of piperidine rings is 1. The monoisotopic (exact) mass is 420 g/mol. The summed E-state index contributed by atoms with van der Waals surface area (Å²) in [6.45, 7) is 8.40. The van der Waals surface area contributed by atoms with Gasteiger partial charge in [0.05, 0.1) is 12.1 Å². The fourth-order valence-electron chi connectivity index (χ4n) is 4.43. The van der Waals surface area contributed by atoms with E-state index in [1.54, 1.807) is 10.7 Å². The lowest BCUT2D eigenvalue weighted by molar-refractivity contribution is -0.131. The number of hydrogen-bond acceptors (Lipinski definition) is 3. The Morgan fingerprint density at radius 2 is 1.81 bits per heavy atom. The number of likely N-dealkylation sites (tertiary alicyclic amines) is 1. The molecule has 0 bridgehead atoms. The van der Waals surface area contributed by atoms with Gasteiger partial charge in [0.1, 0.15) is 0 Å². The molecule has 1 amide bonds. The summed E-state index contributed by atoms with van der Waals surface area (Å²) >= 11 is 0. The van der Waals surface area contributed by atoms with Crippen molar-refractivity contribution in [3.63, 3.8) is 0 Å². The topological polar surface area (TPSA) is 60.1 Å². The van der Waals surface area contributed by atoms with E-state index in [4.69, 9.17) is 0 Å². The van der Waals surface area contributed by atoms with Gasteiger partial charge in [0.25, 0.3) is 5.56 Å². The Labute approximate surface area is 183 Å². The largest absolute Gasteiger partial charge is 0.350 e. The van der Waals surface area contributed by atoms with E-state index in [0.29, 0.717) is 18.9 Å². The summed E-state index contributed by atoms with van der Waals surface area (Å²) < 4.78 is 3.69. The normalized spacial score (nSPS) is 15.5. The van der Waals surface area contributed by atoms with Crippen LogP contribution < -0.4 is 5.56 Å². The fourth-order valence-corrected chi connectivity index (χ4v) is 4.43. The fraction of sp³-hybridized carbons (Fsp3) is 0.480. The third kappa shape index (κ3) is 4.58. The van der Waals surface area contributed by atoms with Gasteiger partial charge in [-0.25, -0.2) is 4.68 Å². The smallest absolute Gasteiger partial charge is 0.266 e. The number of hydrogen-bond donors (Lipinski definition) is 0. The molecular weight excluding hydrogens is 388 g/mol. The molecule has 0 N–H and O–H groups in total. The first kappa shape index (κ1) is 21.3. The van der Waals surface area contributed by atoms with E-state index in [9.17, 15) is 9.59 Å². The molecule has 3 aromatic rings. The molecule has 1 aliphatic rings. The van der Waals surface area contributed by atoms with Gasteiger partial charge in [-0.3, -0.25) is 9.59 Å². The van der Waals surface area contributed by atoms with E-state index in [1.165, 1.54) is 0 Å². The number of rotatable bonds is 4. The zero-order valence-electron chi connectivity index (χ0n) is 19.0. The lowest BCUT2D eigenvalue weighted by atomic mass is 9.92. The first-order chi connectivity index (χ1) is 14.7. The van der Waals surface area contributed by atoms with Gasteiger partial charge in [-0.15, -0.1) is 0 Å². The van der Waals surface area contributed by atoms with Gasteiger partial charge in [-0.05, 0) is 36.5 Å². The van der Waals surface area contributed by atoms with E-state index >= 15 is 0 Å². The van der Waals surface area contributed by atoms with Gasteiger partial charge in [-0.1, -0.05) is 39.0 Å². The molecule has 0 radical (unpaired) electrons. The molecular formula is C25H32N4O2. The van der Waals surface area contributed by atoms with Crippen molar-refractivity contribution < 1.29 is 4.79 Å². The van der Waals surface area contributed by atoms with Crippen LogP contribution >= 0.6 is 0 Å². The molecule has 2 aromatic heterocycles. The molecule has 1 aromatic carbocycles. The van der Waals surface area contributed by atoms with Gasteiger partial charge >= 0.3 is 0 Å². The molecule has 0 aliphatic carbocycles. The summed E-state index contributed by atoms with van der Waals surface area (Å²) in [6.07, 6.45) is 4.29. The minimum atomic E-state index is -0.0904. The SMILES string of the molecule is Cn1cc(CC(=O)N2CCC(Cn3nc(C(C)(C)C)ccc3=O)CC2)c2ccccc21. The molecule has 1 saturated heterocycles. The predicted octanol–water partition coefficient (Wildman–Crippen LogP) is 3.51. The highest BCUT2D eigenvalue weighted by molar-refractivity contribution is 5.89. The minimum Gasteiger partial charge on any atom is -0.350 e. The maximum atomic E-state index is 12.9. The van der Waals surface area contributed by atoms with Crippen molar-refractivity contribution >= 4 is 16.8 Å². The van der Waals surface area contributed by atoms with Crippen LogP contribution in [0.25, 0.3) is 10.9 Å². The molecule has 1 fully saturated rings. The summed E-state index contributed by atoms with van der Waals surface area (Å²) in [5.41, 5.74) is 3.02. The molecule has 0 spiro atoms. The van der Waals surface area contributed by atoms with Crippen molar-refractivity contribution in [3.8, 4) is 0 Å². The van der Waals surface area contributed by atoms with Crippen LogP contribution in [-0.2, 0) is 30.2 Å². The number of nitrogens with zero attached hydrogens (tertiary/aromatic N) is 4. The van der Waals surface area contributed by atoms with Crippen molar-refractivity contribution in [2.24, 2.45) is 13.0 Å². The van der Waals surface area contributed by atoms with E-state index < -0.39 is 0 Å². The van der Waals surface area contributed by atoms with E-state index in [1.807, 2.05) is 30.1 Å². The molecule has 3 heterocycles. The second-order valence-corrected chi connectivity index (χ2v) is 9.77. The summed E-state index contributed by atoms with van der Waals surface area (Å²) in [4.78, 5) is 27.2. The Bertz CT molecular complexity index is 1140. The van der Waals surface area contributed by atoms with Crippen LogP contribution in [0.1, 0.15) is 44.9 Å². The van der Waals surface area contributed by atoms with Gasteiger partial charge in [-0.2, -0.15) is 5.10 Å². The van der Waals surface area contributed by atoms with Crippen molar-refractivity contribution in [3.05, 3.63) is 64.2 Å². The van der Waals surface area contributed by atoms with Crippen LogP contribution in [0.3, 0.4) is 0 Å². The number of fused-ring (bicyclic) bond motifs is 1. The standard InChI is InChI=1S/C25H32N4O2/c1-25(2,3)22-9-10-23(30)29(26-22)16-18-11-13-28(14-12-18)24(31)15-19-17-27(4)21-8-6-5-7-20(19)21/h5-10,17-18H,11-16H2,1-4H3. The number of para-hydroxylation sites is 1. The lowest BCUT2D eigenvalue weighted by Crippen LogP contribution is -2.41. The van der Waals surface area contributed by atoms with Crippen molar-refractivity contribution in [1.82, 2.24) is 19.2 Å². The highest BCUT2D eigenvalue weighted by atomic mass is 16.2. The van der Waals surface area contributed by atoms with Crippen LogP contribution in [0.2, 0.25) is 0 Å². The van der Waals surface area contributed by atoms with Crippen molar-refractivity contribution in [2.45, 2.75) is 52.0 Å². The van der Waals surface area contributed by atoms with E-state index in [2.05, 4.69) is 48.8 Å². The zero-order valence-corrected chi connectivity index (χ0v) is 19.0. The molecule has 0 saturated carbocycles. The average Bonchev–Trinajstić information content (AvgIpc) is 3.05. The Balaban J connectivity index is 1.38. The van der Waals surface area contributed by atoms with Crippen LogP contribution in [0.5, 0.6) is 0 Å². The highest BCUT2D eigenvalue weighted by Gasteiger charge is 2.25. The number of aryl methyl sites for hydroxylation is 1. The highest BCUT2D eigenvalue weighted by Crippen LogP contribution is 2.24. The molecule has 4 rings (SSSR count). The van der Waals surface area contributed by atoms with Crippen LogP contribution in [0.15, 0.2) is 47.4 Å². The third-order valence-corrected chi connectivity index (χ3v) is 6.35. The van der Waals surface area contributed by atoms with Gasteiger partial charge in [0.15, 0.2) is 0 Å². The second-order valence-electron chi connectivity index (χ2n) is 9.77. The summed E-state index contributed by atoms with van der Waals surface area (Å²) in [7, 11) is 2.02. The first-order valence-electron chi connectivity index (χ1n) is 11.1. The Morgan fingerprint density at radius 1 is 1.10 bits per heavy atom. The maximum absolute atomic E-state index is 12.9. The number of aromatic nitrogens is 3. The Hall–Kier alpha value is -2.89. The number of amides is 1. The van der Waals surface area contributed by atoms with Crippen LogP contribution in [0, 0.1) is 5.92 Å². The average molecular weight is 421 g/mol. The number of carbonyl (C=O) groups excluding carboxylic acids is 1.